The van der Waals surface area contributed by atoms with Crippen molar-refractivity contribution in [1.82, 2.24) is 0 Å². The fourth-order valence-corrected chi connectivity index (χ4v) is 12.4. The summed E-state index contributed by atoms with van der Waals surface area (Å²) in [6.45, 7) is 0. The zero-order valence-corrected chi connectivity index (χ0v) is 26.8. The van der Waals surface area contributed by atoms with Crippen LogP contribution in [0.5, 0.6) is 0 Å². The van der Waals surface area contributed by atoms with Crippen LogP contribution >= 0.6 is 11.1 Å². The van der Waals surface area contributed by atoms with E-state index in [0.29, 0.717) is 0 Å². The van der Waals surface area contributed by atoms with Gasteiger partial charge in [0, 0.05) is 37.3 Å². The predicted octanol–water partition coefficient (Wildman–Crippen LogP) is -0.268. The molecule has 0 saturated heterocycles. The van der Waals surface area contributed by atoms with Gasteiger partial charge in [-0.05, 0) is 48.6 Å². The van der Waals surface area contributed by atoms with Crippen LogP contribution in [0.3, 0.4) is 0 Å². The number of hydrogen-bond acceptors (Lipinski definition) is 0. The van der Waals surface area contributed by atoms with Crippen LogP contribution in [-0.2, 0) is 25.8 Å². The molecule has 3 aliphatic rings. The number of allylic oxidation sites excluding steroid dienone is 4. The molecule has 0 radical (unpaired) electrons. The Hall–Kier alpha value is -1.94. The molecule has 2 atom stereocenters. The molecule has 0 spiro atoms. The van der Waals surface area contributed by atoms with Gasteiger partial charge in [0.05, 0.1) is 0 Å². The molecule has 5 heteroatoms. The van der Waals surface area contributed by atoms with E-state index in [4.69, 9.17) is 11.1 Å². The summed E-state index contributed by atoms with van der Waals surface area (Å²) in [7, 11) is -2.84. The third-order valence-electron chi connectivity index (χ3n) is 7.68. The van der Waals surface area contributed by atoms with Crippen molar-refractivity contribution in [3.8, 4) is 11.1 Å². The first-order chi connectivity index (χ1) is 16.8. The molecule has 0 saturated carbocycles. The van der Waals surface area contributed by atoms with Crippen molar-refractivity contribution in [3.05, 3.63) is 149 Å². The maximum Gasteiger partial charge on any atom is 0.226 e. The van der Waals surface area contributed by atoms with Crippen molar-refractivity contribution in [2.75, 3.05) is 0 Å². The predicted molar refractivity (Wildman–Crippen MR) is 146 cm³/mol. The second-order valence-electron chi connectivity index (χ2n) is 9.32. The summed E-state index contributed by atoms with van der Waals surface area (Å²) in [5.74, 6) is 0.215. The standard InChI is InChI=1S/C32H23ClSi.2ClH.Hf/c33-34(22-12-2-1-3-13-22,31-27-18-8-4-14-23(27)24-15-5-9-19-28(24)31)32-29-20-10-6-16-25(29)26-17-7-11-21-30(26)32;;;/h1-21,27,32H;2*1H;/p-2. The zero-order chi connectivity index (χ0) is 22.7. The topological polar surface area (TPSA) is 0 Å². The largest absolute Gasteiger partial charge is 1.00 e. The molecule has 0 amide bonds. The zero-order valence-electron chi connectivity index (χ0n) is 19.9. The van der Waals surface area contributed by atoms with E-state index in [1.807, 2.05) is 0 Å². The monoisotopic (exact) mass is 720 g/mol. The Morgan fingerprint density at radius 2 is 1.14 bits per heavy atom. The van der Waals surface area contributed by atoms with E-state index in [1.54, 1.807) is 0 Å². The smallest absolute Gasteiger partial charge is 0.226 e. The number of fused-ring (bicyclic) bond motifs is 5. The summed E-state index contributed by atoms with van der Waals surface area (Å²) < 4.78 is 0. The molecule has 2 unspecified atom stereocenters. The summed E-state index contributed by atoms with van der Waals surface area (Å²) in [6.07, 6.45) is 8.98. The van der Waals surface area contributed by atoms with Gasteiger partial charge in [-0.25, -0.2) is 0 Å². The molecule has 0 aromatic heterocycles. The minimum Gasteiger partial charge on any atom is -1.00 e. The molecule has 37 heavy (non-hydrogen) atoms. The van der Waals surface area contributed by atoms with Gasteiger partial charge in [0.15, 0.2) is 0 Å². The van der Waals surface area contributed by atoms with Gasteiger partial charge in [-0.2, -0.15) is 11.1 Å². The summed E-state index contributed by atoms with van der Waals surface area (Å²) in [5.41, 5.74) is 6.90. The Kier molecular flexibility index (Phi) is 8.38. The van der Waals surface area contributed by atoms with Crippen LogP contribution in [0.2, 0.25) is 0 Å². The second kappa shape index (κ2) is 11.0. The van der Waals surface area contributed by atoms with Crippen molar-refractivity contribution < 1.29 is 50.7 Å². The Labute approximate surface area is 254 Å². The molecule has 0 N–H and O–H groups in total. The fourth-order valence-electron chi connectivity index (χ4n) is 6.35. The van der Waals surface area contributed by atoms with Gasteiger partial charge < -0.3 is 24.8 Å². The number of benzene rings is 4. The molecule has 0 bridgehead atoms. The van der Waals surface area contributed by atoms with E-state index in [0.717, 1.165) is 0 Å². The average Bonchev–Trinajstić information content (AvgIpc) is 3.43. The van der Waals surface area contributed by atoms with Crippen molar-refractivity contribution in [2.45, 2.75) is 5.54 Å². The third kappa shape index (κ3) is 4.13. The van der Waals surface area contributed by atoms with Crippen molar-refractivity contribution in [3.63, 3.8) is 0 Å². The van der Waals surface area contributed by atoms with Gasteiger partial charge in [-0.1, -0.05) is 127 Å². The van der Waals surface area contributed by atoms with Crippen LogP contribution < -0.4 is 40.4 Å². The molecule has 4 aromatic rings. The van der Waals surface area contributed by atoms with E-state index in [-0.39, 0.29) is 62.1 Å². The quantitative estimate of drug-likeness (QED) is 0.202. The van der Waals surface area contributed by atoms with Crippen LogP contribution in [0.15, 0.2) is 127 Å². The van der Waals surface area contributed by atoms with E-state index in [1.165, 1.54) is 48.6 Å². The molecule has 0 aliphatic heterocycles. The number of halogens is 3. The summed E-state index contributed by atoms with van der Waals surface area (Å²) in [5, 5.41) is 5.35. The Bertz CT molecular complexity index is 1600. The van der Waals surface area contributed by atoms with Gasteiger partial charge in [0.2, 0.25) is 7.38 Å². The Morgan fingerprint density at radius 3 is 1.78 bits per heavy atom. The first kappa shape index (κ1) is 28.1. The van der Waals surface area contributed by atoms with Gasteiger partial charge in [-0.15, -0.1) is 0 Å². The van der Waals surface area contributed by atoms with Crippen LogP contribution in [0.4, 0.5) is 0 Å². The van der Waals surface area contributed by atoms with E-state index in [9.17, 15) is 0 Å². The molecular weight excluding hydrogens is 697 g/mol. The van der Waals surface area contributed by atoms with Gasteiger partial charge in [0.1, 0.15) is 0 Å². The van der Waals surface area contributed by atoms with Crippen LogP contribution in [-0.4, -0.2) is 7.38 Å². The van der Waals surface area contributed by atoms with Gasteiger partial charge in [0.25, 0.3) is 0 Å². The minimum atomic E-state index is -2.84. The molecule has 0 heterocycles. The first-order valence-electron chi connectivity index (χ1n) is 11.9. The summed E-state index contributed by atoms with van der Waals surface area (Å²) in [6, 6.07) is 37.6. The summed E-state index contributed by atoms with van der Waals surface area (Å²) >= 11 is 8.31. The first-order valence-corrected chi connectivity index (χ1v) is 15.0. The Morgan fingerprint density at radius 1 is 0.595 bits per heavy atom. The molecule has 182 valence electrons. The molecule has 7 rings (SSSR count). The molecule has 4 aromatic carbocycles. The van der Waals surface area contributed by atoms with Crippen LogP contribution in [0.1, 0.15) is 16.7 Å². The van der Waals surface area contributed by atoms with E-state index >= 15 is 0 Å². The van der Waals surface area contributed by atoms with Crippen molar-refractivity contribution >= 4 is 34.4 Å². The maximum absolute atomic E-state index is 8.31. The van der Waals surface area contributed by atoms with Gasteiger partial charge in [-0.3, -0.25) is 0 Å². The fraction of sp³-hybridized carbons (Fsp3) is 0.0625. The van der Waals surface area contributed by atoms with Gasteiger partial charge >= 0.3 is 0 Å². The average molecular weight is 720 g/mol. The molecule has 0 nitrogen and oxygen atoms in total. The minimum absolute atomic E-state index is 0. The number of hydrogen-bond donors (Lipinski definition) is 0. The SMILES string of the molecule is Cl[Si](C1=c2ccccc2=C2C=CC=CC21)(c1ccccc1)C1c2ccccc2-c2ccccc21.[Cl-].[Cl-].[Hf]. The molecule has 0 fully saturated rings. The number of rotatable bonds is 3. The normalized spacial score (nSPS) is 17.8. The van der Waals surface area contributed by atoms with Crippen molar-refractivity contribution in [1.29, 1.82) is 0 Å². The molecule has 3 aliphatic carbocycles. The molecular formula is C32H23Cl3HfSi-2. The van der Waals surface area contributed by atoms with Crippen LogP contribution in [0.25, 0.3) is 21.9 Å². The van der Waals surface area contributed by atoms with Crippen LogP contribution in [0, 0.1) is 5.92 Å². The van der Waals surface area contributed by atoms with E-state index in [2.05, 4.69) is 127 Å². The summed E-state index contributed by atoms with van der Waals surface area (Å²) in [4.78, 5) is 0. The second-order valence-corrected chi connectivity index (χ2v) is 14.2. The third-order valence-corrected chi connectivity index (χ3v) is 13.6. The van der Waals surface area contributed by atoms with E-state index < -0.39 is 7.38 Å². The maximum atomic E-state index is 8.31. The van der Waals surface area contributed by atoms with Crippen molar-refractivity contribution in [2.24, 2.45) is 5.92 Å². The Balaban J connectivity index is 0.00000107.